The van der Waals surface area contributed by atoms with Crippen LogP contribution in [0.3, 0.4) is 0 Å². The van der Waals surface area contributed by atoms with Gasteiger partial charge in [0, 0.05) is 54.9 Å². The van der Waals surface area contributed by atoms with Crippen LogP contribution in [0.15, 0.2) is 35.5 Å². The molecule has 0 aliphatic carbocycles. The lowest BCUT2D eigenvalue weighted by Gasteiger charge is -2.65. The molecule has 4 bridgehead atoms. The van der Waals surface area contributed by atoms with Crippen LogP contribution in [0, 0.1) is 10.8 Å². The predicted molar refractivity (Wildman–Crippen MR) is 93.9 cm³/mol. The van der Waals surface area contributed by atoms with E-state index in [0.29, 0.717) is 6.04 Å². The van der Waals surface area contributed by atoms with Crippen LogP contribution in [-0.4, -0.2) is 59.9 Å². The fourth-order valence-corrected chi connectivity index (χ4v) is 5.60. The van der Waals surface area contributed by atoms with Crippen molar-refractivity contribution in [2.24, 2.45) is 15.8 Å². The topological polar surface area (TPSA) is 34.6 Å². The summed E-state index contributed by atoms with van der Waals surface area (Å²) in [6, 6.07) is 9.08. The van der Waals surface area contributed by atoms with Gasteiger partial charge in [0.2, 0.25) is 0 Å². The molecule has 2 aromatic rings. The van der Waals surface area contributed by atoms with Crippen LogP contribution in [0.25, 0.3) is 10.9 Å². The summed E-state index contributed by atoms with van der Waals surface area (Å²) >= 11 is 0. The third-order valence-electron chi connectivity index (χ3n) is 6.01. The number of piperidine rings is 2. The molecule has 0 unspecified atom stereocenters. The highest BCUT2D eigenvalue weighted by Gasteiger charge is 2.59. The van der Waals surface area contributed by atoms with Gasteiger partial charge in [-0.1, -0.05) is 19.9 Å². The first-order valence-corrected chi connectivity index (χ1v) is 8.59. The van der Waals surface area contributed by atoms with Crippen molar-refractivity contribution in [2.45, 2.75) is 19.9 Å². The van der Waals surface area contributed by atoms with Crippen molar-refractivity contribution in [1.82, 2.24) is 14.8 Å². The Morgan fingerprint density at radius 1 is 1.09 bits per heavy atom. The molecule has 6 rings (SSSR count). The molecule has 5 heterocycles. The summed E-state index contributed by atoms with van der Waals surface area (Å²) in [4.78, 5) is 13.6. The van der Waals surface area contributed by atoms with E-state index in [4.69, 9.17) is 4.99 Å². The number of hydrogen-bond acceptors (Lipinski definition) is 3. The van der Waals surface area contributed by atoms with Crippen LogP contribution in [0.4, 0.5) is 0 Å². The summed E-state index contributed by atoms with van der Waals surface area (Å²) in [5.41, 5.74) is 2.98. The van der Waals surface area contributed by atoms with Crippen molar-refractivity contribution in [3.8, 4) is 0 Å². The van der Waals surface area contributed by atoms with Gasteiger partial charge in [0.1, 0.15) is 0 Å². The summed E-state index contributed by atoms with van der Waals surface area (Å²) in [5, 5.41) is 1.26. The number of nitrogens with zero attached hydrogens (tertiary/aromatic N) is 3. The van der Waals surface area contributed by atoms with Crippen LogP contribution >= 0.6 is 0 Å². The van der Waals surface area contributed by atoms with Crippen molar-refractivity contribution in [3.05, 3.63) is 36.0 Å². The van der Waals surface area contributed by atoms with Crippen molar-refractivity contribution < 1.29 is 0 Å². The van der Waals surface area contributed by atoms with Crippen LogP contribution in [0.5, 0.6) is 0 Å². The normalized spacial score (nSPS) is 42.1. The fraction of sp³-hybridized carbons (Fsp3) is 0.526. The van der Waals surface area contributed by atoms with Crippen molar-refractivity contribution >= 4 is 17.1 Å². The molecule has 0 spiro atoms. The first-order valence-electron chi connectivity index (χ1n) is 8.59. The standard InChI is InChI=1S/C19H24N4/c1-18-9-22-11-19(2,12-23(10-18)13-22)17(18)21-8-14-3-4-16-15(7-14)5-6-20-16/h3-8,17,20H,9-13H2,1-2H3. The van der Waals surface area contributed by atoms with Gasteiger partial charge >= 0.3 is 0 Å². The third-order valence-corrected chi connectivity index (χ3v) is 6.01. The predicted octanol–water partition coefficient (Wildman–Crippen LogP) is 2.57. The Labute approximate surface area is 137 Å². The Hall–Kier alpha value is -1.65. The maximum Gasteiger partial charge on any atom is 0.0655 e. The molecule has 0 atom stereocenters. The van der Waals surface area contributed by atoms with Gasteiger partial charge in [0.05, 0.1) is 12.7 Å². The van der Waals surface area contributed by atoms with Crippen LogP contribution in [0.2, 0.25) is 0 Å². The lowest BCUT2D eigenvalue weighted by Crippen LogP contribution is -2.75. The van der Waals surface area contributed by atoms with Gasteiger partial charge in [-0.05, 0) is 29.1 Å². The zero-order chi connectivity index (χ0) is 15.7. The Bertz CT molecular complexity index is 754. The molecule has 0 amide bonds. The largest absolute Gasteiger partial charge is 0.361 e. The Morgan fingerprint density at radius 3 is 2.48 bits per heavy atom. The quantitative estimate of drug-likeness (QED) is 0.865. The highest BCUT2D eigenvalue weighted by Crippen LogP contribution is 2.50. The van der Waals surface area contributed by atoms with Gasteiger partial charge < -0.3 is 4.98 Å². The summed E-state index contributed by atoms with van der Waals surface area (Å²) in [7, 11) is 0. The first-order chi connectivity index (χ1) is 11.0. The number of benzene rings is 1. The smallest absolute Gasteiger partial charge is 0.0655 e. The van der Waals surface area contributed by atoms with E-state index in [1.165, 1.54) is 42.6 Å². The first kappa shape index (κ1) is 13.8. The molecule has 120 valence electrons. The van der Waals surface area contributed by atoms with Gasteiger partial charge in [-0.2, -0.15) is 0 Å². The SMILES string of the molecule is CC12CN3CN(C1)CC(C)(C3)C2N=Cc1ccc2[nH]ccc2c1. The van der Waals surface area contributed by atoms with Gasteiger partial charge in [-0.25, -0.2) is 0 Å². The molecule has 4 nitrogen and oxygen atoms in total. The average molecular weight is 308 g/mol. The third kappa shape index (κ3) is 2.01. The lowest BCUT2D eigenvalue weighted by molar-refractivity contribution is -0.165. The Balaban J connectivity index is 1.48. The lowest BCUT2D eigenvalue weighted by atomic mass is 9.60. The molecule has 0 saturated carbocycles. The van der Waals surface area contributed by atoms with E-state index in [0.717, 1.165) is 6.67 Å². The number of aromatic nitrogens is 1. The average Bonchev–Trinajstić information content (AvgIpc) is 2.91. The number of hydrogen-bond donors (Lipinski definition) is 1. The summed E-state index contributed by atoms with van der Waals surface area (Å²) < 4.78 is 0. The highest BCUT2D eigenvalue weighted by atomic mass is 15.4. The minimum atomic E-state index is 0.290. The number of aliphatic imine (C=N–C) groups is 1. The van der Waals surface area contributed by atoms with E-state index in [2.05, 4.69) is 59.1 Å². The van der Waals surface area contributed by atoms with Crippen LogP contribution in [0.1, 0.15) is 19.4 Å². The van der Waals surface area contributed by atoms with Crippen molar-refractivity contribution in [1.29, 1.82) is 0 Å². The molecule has 4 saturated heterocycles. The molecule has 0 radical (unpaired) electrons. The minimum Gasteiger partial charge on any atom is -0.361 e. The van der Waals surface area contributed by atoms with Gasteiger partial charge in [0.25, 0.3) is 0 Å². The van der Waals surface area contributed by atoms with Crippen molar-refractivity contribution in [3.63, 3.8) is 0 Å². The molecule has 4 heteroatoms. The molecule has 1 aromatic heterocycles. The van der Waals surface area contributed by atoms with Gasteiger partial charge in [0.15, 0.2) is 0 Å². The molecule has 4 aliphatic heterocycles. The number of fused-ring (bicyclic) bond motifs is 1. The number of aromatic amines is 1. The van der Waals surface area contributed by atoms with Crippen LogP contribution < -0.4 is 0 Å². The fourth-order valence-electron chi connectivity index (χ4n) is 5.60. The van der Waals surface area contributed by atoms with Crippen LogP contribution in [-0.2, 0) is 0 Å². The van der Waals surface area contributed by atoms with E-state index in [1.807, 2.05) is 6.20 Å². The van der Waals surface area contributed by atoms with E-state index in [-0.39, 0.29) is 10.8 Å². The van der Waals surface area contributed by atoms with Gasteiger partial charge in [-0.15, -0.1) is 0 Å². The Morgan fingerprint density at radius 2 is 1.78 bits per heavy atom. The summed E-state index contributed by atoms with van der Waals surface area (Å²) in [5.74, 6) is 0. The molecule has 1 aromatic carbocycles. The number of nitrogens with one attached hydrogen (secondary N) is 1. The number of H-pyrrole nitrogens is 1. The molecular formula is C19H24N4. The molecular weight excluding hydrogens is 284 g/mol. The molecule has 4 aliphatic rings. The minimum absolute atomic E-state index is 0.290. The maximum absolute atomic E-state index is 5.14. The summed E-state index contributed by atoms with van der Waals surface area (Å²) in [6.45, 7) is 10.8. The van der Waals surface area contributed by atoms with E-state index >= 15 is 0 Å². The second-order valence-electron chi connectivity index (χ2n) is 8.43. The number of rotatable bonds is 2. The zero-order valence-corrected chi connectivity index (χ0v) is 13.9. The molecule has 1 N–H and O–H groups in total. The van der Waals surface area contributed by atoms with E-state index < -0.39 is 0 Å². The maximum atomic E-state index is 5.14. The highest BCUT2D eigenvalue weighted by molar-refractivity contribution is 5.89. The molecule has 23 heavy (non-hydrogen) atoms. The van der Waals surface area contributed by atoms with Gasteiger partial charge in [-0.3, -0.25) is 14.8 Å². The second kappa shape index (κ2) is 4.46. The zero-order valence-electron chi connectivity index (χ0n) is 13.9. The van der Waals surface area contributed by atoms with Crippen molar-refractivity contribution in [2.75, 3.05) is 32.8 Å². The van der Waals surface area contributed by atoms with E-state index in [9.17, 15) is 0 Å². The molecule has 4 fully saturated rings. The second-order valence-corrected chi connectivity index (χ2v) is 8.43. The summed E-state index contributed by atoms with van der Waals surface area (Å²) in [6.07, 6.45) is 4.11. The monoisotopic (exact) mass is 308 g/mol. The Kier molecular flexibility index (Phi) is 2.67. The van der Waals surface area contributed by atoms with E-state index in [1.54, 1.807) is 0 Å².